The first kappa shape index (κ1) is 13.0. The van der Waals surface area contributed by atoms with E-state index < -0.39 is 5.91 Å². The number of nitrogens with zero attached hydrogens (tertiary/aromatic N) is 2. The highest BCUT2D eigenvalue weighted by molar-refractivity contribution is 6.34. The van der Waals surface area contributed by atoms with Crippen molar-refractivity contribution >= 4 is 17.5 Å². The number of aromatic nitrogens is 1. The minimum atomic E-state index is -0.433. The fourth-order valence-electron chi connectivity index (χ4n) is 2.21. The van der Waals surface area contributed by atoms with E-state index >= 15 is 0 Å². The van der Waals surface area contributed by atoms with Gasteiger partial charge < -0.3 is 5.73 Å². The molecule has 0 spiro atoms. The first-order valence-electron chi connectivity index (χ1n) is 6.36. The molecule has 1 aromatic carbocycles. The van der Waals surface area contributed by atoms with Crippen molar-refractivity contribution in [1.82, 2.24) is 4.98 Å². The maximum atomic E-state index is 12.4. The van der Waals surface area contributed by atoms with E-state index in [1.165, 1.54) is 6.20 Å². The molecular formula is C16H11N3O2. The number of imide groups is 1. The highest BCUT2D eigenvalue weighted by Gasteiger charge is 2.38. The van der Waals surface area contributed by atoms with Crippen molar-refractivity contribution in [2.75, 3.05) is 11.4 Å². The largest absolute Gasteiger partial charge is 0.320 e. The van der Waals surface area contributed by atoms with Gasteiger partial charge in [0.2, 0.25) is 0 Å². The molecule has 3 rings (SSSR count). The lowest BCUT2D eigenvalue weighted by molar-refractivity contribution is 0.0924. The zero-order valence-electron chi connectivity index (χ0n) is 11.0. The minimum Gasteiger partial charge on any atom is -0.320 e. The van der Waals surface area contributed by atoms with Crippen molar-refractivity contribution in [3.63, 3.8) is 0 Å². The number of rotatable bonds is 1. The second kappa shape index (κ2) is 5.19. The number of benzene rings is 1. The van der Waals surface area contributed by atoms with Crippen LogP contribution in [0.15, 0.2) is 42.6 Å². The van der Waals surface area contributed by atoms with Gasteiger partial charge in [-0.3, -0.25) is 14.6 Å². The molecule has 2 amide bonds. The van der Waals surface area contributed by atoms with Gasteiger partial charge in [-0.25, -0.2) is 4.90 Å². The van der Waals surface area contributed by atoms with Crippen molar-refractivity contribution in [3.05, 3.63) is 59.4 Å². The first-order chi connectivity index (χ1) is 10.2. The smallest absolute Gasteiger partial charge is 0.284 e. The topological polar surface area (TPSA) is 76.3 Å². The highest BCUT2D eigenvalue weighted by atomic mass is 16.2. The number of fused-ring (bicyclic) bond motifs is 1. The average Bonchev–Trinajstić information content (AvgIpc) is 2.78. The number of nitrogens with two attached hydrogens (primary N) is 1. The van der Waals surface area contributed by atoms with Gasteiger partial charge in [-0.05, 0) is 24.3 Å². The van der Waals surface area contributed by atoms with Gasteiger partial charge in [-0.15, -0.1) is 0 Å². The van der Waals surface area contributed by atoms with Gasteiger partial charge in [0.25, 0.3) is 11.8 Å². The summed E-state index contributed by atoms with van der Waals surface area (Å²) >= 11 is 0. The van der Waals surface area contributed by atoms with E-state index in [1.807, 2.05) is 0 Å². The Morgan fingerprint density at radius 2 is 1.90 bits per heavy atom. The lowest BCUT2D eigenvalue weighted by atomic mass is 10.1. The summed E-state index contributed by atoms with van der Waals surface area (Å²) in [4.78, 5) is 29.9. The fourth-order valence-corrected chi connectivity index (χ4v) is 2.21. The summed E-state index contributed by atoms with van der Waals surface area (Å²) in [5.41, 5.74) is 6.88. The van der Waals surface area contributed by atoms with Gasteiger partial charge in [-0.2, -0.15) is 0 Å². The third-order valence-corrected chi connectivity index (χ3v) is 3.12. The second-order valence-corrected chi connectivity index (χ2v) is 4.37. The Labute approximate surface area is 121 Å². The molecule has 0 atom stereocenters. The fraction of sp³-hybridized carbons (Fsp3) is 0.0625. The Hall–Kier alpha value is -2.97. The summed E-state index contributed by atoms with van der Waals surface area (Å²) in [6.07, 6.45) is 1.49. The van der Waals surface area contributed by atoms with Crippen LogP contribution in [0.1, 0.15) is 26.4 Å². The average molecular weight is 277 g/mol. The van der Waals surface area contributed by atoms with Gasteiger partial charge in [0.15, 0.2) is 0 Å². The second-order valence-electron chi connectivity index (χ2n) is 4.37. The summed E-state index contributed by atoms with van der Waals surface area (Å²) in [6.45, 7) is 0.206. The van der Waals surface area contributed by atoms with Crippen molar-refractivity contribution in [3.8, 4) is 11.8 Å². The van der Waals surface area contributed by atoms with E-state index in [4.69, 9.17) is 5.73 Å². The molecule has 0 aliphatic carbocycles. The quantitative estimate of drug-likeness (QED) is 0.627. The number of pyridine rings is 1. The lowest BCUT2D eigenvalue weighted by Crippen LogP contribution is -2.30. The molecule has 0 saturated carbocycles. The molecule has 1 aliphatic rings. The van der Waals surface area contributed by atoms with Crippen LogP contribution >= 0.6 is 0 Å². The molecule has 2 aromatic rings. The monoisotopic (exact) mass is 277 g/mol. The van der Waals surface area contributed by atoms with E-state index in [1.54, 1.807) is 36.4 Å². The molecule has 0 radical (unpaired) electrons. The van der Waals surface area contributed by atoms with Crippen LogP contribution < -0.4 is 10.6 Å². The Morgan fingerprint density at radius 3 is 2.67 bits per heavy atom. The number of hydrogen-bond acceptors (Lipinski definition) is 4. The van der Waals surface area contributed by atoms with Gasteiger partial charge in [0.05, 0.1) is 17.8 Å². The molecule has 2 heterocycles. The van der Waals surface area contributed by atoms with Crippen molar-refractivity contribution < 1.29 is 9.59 Å². The molecule has 0 bridgehead atoms. The van der Waals surface area contributed by atoms with Crippen molar-refractivity contribution in [1.29, 1.82) is 0 Å². The number of anilines is 1. The Kier molecular flexibility index (Phi) is 3.22. The zero-order chi connectivity index (χ0) is 14.8. The highest BCUT2D eigenvalue weighted by Crippen LogP contribution is 2.29. The maximum absolute atomic E-state index is 12.4. The van der Waals surface area contributed by atoms with E-state index in [0.717, 1.165) is 4.90 Å². The molecule has 0 unspecified atom stereocenters. The predicted molar refractivity (Wildman–Crippen MR) is 77.8 cm³/mol. The number of hydrogen-bond donors (Lipinski definition) is 1. The lowest BCUT2D eigenvalue weighted by Gasteiger charge is -2.15. The van der Waals surface area contributed by atoms with E-state index in [2.05, 4.69) is 16.8 Å². The molecular weight excluding hydrogens is 266 g/mol. The van der Waals surface area contributed by atoms with Gasteiger partial charge in [-0.1, -0.05) is 24.0 Å². The summed E-state index contributed by atoms with van der Waals surface area (Å²) in [5, 5.41) is 0. The number of carbonyl (C=O) groups excluding carboxylic acids is 2. The first-order valence-corrected chi connectivity index (χ1v) is 6.36. The number of amides is 2. The van der Waals surface area contributed by atoms with Crippen LogP contribution in [0, 0.1) is 11.8 Å². The minimum absolute atomic E-state index is 0.170. The molecule has 1 aromatic heterocycles. The van der Waals surface area contributed by atoms with Gasteiger partial charge in [0, 0.05) is 11.8 Å². The molecule has 1 aliphatic heterocycles. The summed E-state index contributed by atoms with van der Waals surface area (Å²) in [5.74, 6) is 4.79. The molecule has 5 heteroatoms. The summed E-state index contributed by atoms with van der Waals surface area (Å²) in [7, 11) is 0. The van der Waals surface area contributed by atoms with E-state index in [0.29, 0.717) is 16.8 Å². The standard InChI is InChI=1S/C16H11N3O2/c17-9-3-6-11-5-1-2-8-13(11)19-15(20)12-7-4-10-18-14(12)16(19)21/h1-2,4-5,7-8,10H,9,17H2. The summed E-state index contributed by atoms with van der Waals surface area (Å²) in [6, 6.07) is 10.2. The van der Waals surface area contributed by atoms with Crippen LogP contribution in [-0.4, -0.2) is 23.3 Å². The third-order valence-electron chi connectivity index (χ3n) is 3.12. The molecule has 102 valence electrons. The van der Waals surface area contributed by atoms with Crippen LogP contribution in [-0.2, 0) is 0 Å². The number of carbonyl (C=O) groups is 2. The molecule has 0 saturated heterocycles. The SMILES string of the molecule is NCC#Cc1ccccc1N1C(=O)c2cccnc2C1=O. The zero-order valence-corrected chi connectivity index (χ0v) is 11.0. The molecule has 21 heavy (non-hydrogen) atoms. The Bertz CT molecular complexity index is 767. The molecule has 5 nitrogen and oxygen atoms in total. The predicted octanol–water partition coefficient (Wildman–Crippen LogP) is 1.19. The van der Waals surface area contributed by atoms with Gasteiger partial charge >= 0.3 is 0 Å². The number of para-hydroxylation sites is 1. The van der Waals surface area contributed by atoms with Crippen LogP contribution in [0.2, 0.25) is 0 Å². The normalized spacial score (nSPS) is 12.9. The Balaban J connectivity index is 2.12. The third kappa shape index (κ3) is 2.08. The van der Waals surface area contributed by atoms with Crippen molar-refractivity contribution in [2.24, 2.45) is 5.73 Å². The van der Waals surface area contributed by atoms with Crippen LogP contribution in [0.4, 0.5) is 5.69 Å². The Morgan fingerprint density at radius 1 is 1.10 bits per heavy atom. The maximum Gasteiger partial charge on any atom is 0.284 e. The van der Waals surface area contributed by atoms with Crippen LogP contribution in [0.3, 0.4) is 0 Å². The van der Waals surface area contributed by atoms with Crippen molar-refractivity contribution in [2.45, 2.75) is 0 Å². The van der Waals surface area contributed by atoms with E-state index in [-0.39, 0.29) is 18.1 Å². The van der Waals surface area contributed by atoms with Crippen LogP contribution in [0.5, 0.6) is 0 Å². The molecule has 0 fully saturated rings. The van der Waals surface area contributed by atoms with Crippen LogP contribution in [0.25, 0.3) is 0 Å². The summed E-state index contributed by atoms with van der Waals surface area (Å²) < 4.78 is 0. The van der Waals surface area contributed by atoms with Gasteiger partial charge in [0.1, 0.15) is 5.69 Å². The van der Waals surface area contributed by atoms with E-state index in [9.17, 15) is 9.59 Å². The molecule has 2 N–H and O–H groups in total.